The van der Waals surface area contributed by atoms with E-state index in [4.69, 9.17) is 0 Å². The summed E-state index contributed by atoms with van der Waals surface area (Å²) in [5.41, 5.74) is 2.66. The molecule has 0 amide bonds. The van der Waals surface area contributed by atoms with Gasteiger partial charge >= 0.3 is 0 Å². The molecule has 3 heteroatoms. The van der Waals surface area contributed by atoms with Gasteiger partial charge in [0.25, 0.3) is 0 Å². The van der Waals surface area contributed by atoms with Crippen LogP contribution in [0.1, 0.15) is 24.1 Å². The number of hydrogen-bond acceptors (Lipinski definition) is 2. The van der Waals surface area contributed by atoms with Crippen LogP contribution in [0.4, 0.5) is 0 Å². The predicted molar refractivity (Wildman–Crippen MR) is 52.7 cm³/mol. The fraction of sp³-hybridized carbons (Fsp3) is 0.700. The van der Waals surface area contributed by atoms with Gasteiger partial charge < -0.3 is 5.32 Å². The first-order valence-electron chi connectivity index (χ1n) is 4.98. The third kappa shape index (κ3) is 2.10. The summed E-state index contributed by atoms with van der Waals surface area (Å²) in [5, 5.41) is 7.72. The molecule has 1 aromatic heterocycles. The zero-order valence-electron chi connectivity index (χ0n) is 8.38. The smallest absolute Gasteiger partial charge is 0.0524 e. The van der Waals surface area contributed by atoms with Gasteiger partial charge in [0.2, 0.25) is 0 Å². The summed E-state index contributed by atoms with van der Waals surface area (Å²) in [4.78, 5) is 0. The highest BCUT2D eigenvalue weighted by Crippen LogP contribution is 2.18. The van der Waals surface area contributed by atoms with E-state index in [1.807, 2.05) is 17.9 Å². The molecule has 1 aliphatic rings. The van der Waals surface area contributed by atoms with E-state index in [1.54, 1.807) is 0 Å². The molecule has 72 valence electrons. The molecule has 0 bridgehead atoms. The van der Waals surface area contributed by atoms with Crippen molar-refractivity contribution in [3.05, 3.63) is 17.5 Å². The molecule has 0 saturated heterocycles. The van der Waals surface area contributed by atoms with Crippen molar-refractivity contribution >= 4 is 0 Å². The molecule has 1 heterocycles. The molecule has 0 aliphatic heterocycles. The molecule has 0 spiro atoms. The van der Waals surface area contributed by atoms with Gasteiger partial charge in [0.1, 0.15) is 0 Å². The van der Waals surface area contributed by atoms with Crippen molar-refractivity contribution in [2.75, 3.05) is 6.54 Å². The molecule has 1 N–H and O–H groups in total. The molecule has 0 aromatic carbocycles. The van der Waals surface area contributed by atoms with E-state index in [-0.39, 0.29) is 0 Å². The fourth-order valence-corrected chi connectivity index (χ4v) is 1.49. The molecule has 0 radical (unpaired) electrons. The highest BCUT2D eigenvalue weighted by atomic mass is 15.3. The summed E-state index contributed by atoms with van der Waals surface area (Å²) in [6, 6.07) is 0.817. The number of nitrogens with one attached hydrogen (secondary N) is 1. The molecule has 0 atom stereocenters. The maximum absolute atomic E-state index is 4.22. The van der Waals surface area contributed by atoms with Crippen LogP contribution in [-0.2, 0) is 13.5 Å². The Bertz CT molecular complexity index is 286. The molecule has 1 fully saturated rings. The second-order valence-electron chi connectivity index (χ2n) is 3.86. The molecule has 1 aromatic rings. The topological polar surface area (TPSA) is 29.9 Å². The Kier molecular flexibility index (Phi) is 2.36. The minimum absolute atomic E-state index is 0.817. The van der Waals surface area contributed by atoms with Gasteiger partial charge in [-0.25, -0.2) is 0 Å². The van der Waals surface area contributed by atoms with Crippen LogP contribution in [0.5, 0.6) is 0 Å². The van der Waals surface area contributed by atoms with E-state index in [0.717, 1.165) is 19.0 Å². The van der Waals surface area contributed by atoms with Gasteiger partial charge in [0.15, 0.2) is 0 Å². The molecular weight excluding hydrogens is 162 g/mol. The quantitative estimate of drug-likeness (QED) is 0.748. The first-order valence-corrected chi connectivity index (χ1v) is 4.98. The van der Waals surface area contributed by atoms with Gasteiger partial charge in [-0.15, -0.1) is 0 Å². The van der Waals surface area contributed by atoms with Crippen LogP contribution >= 0.6 is 0 Å². The Morgan fingerprint density at radius 1 is 1.62 bits per heavy atom. The molecular formula is C10H17N3. The molecule has 0 unspecified atom stereocenters. The average molecular weight is 179 g/mol. The van der Waals surface area contributed by atoms with Gasteiger partial charge in [0, 0.05) is 18.8 Å². The average Bonchev–Trinajstić information content (AvgIpc) is 2.88. The number of hydrogen-bond donors (Lipinski definition) is 1. The number of rotatable bonds is 4. The maximum atomic E-state index is 4.22. The molecule has 1 aliphatic carbocycles. The lowest BCUT2D eigenvalue weighted by Crippen LogP contribution is -2.19. The molecule has 1 saturated carbocycles. The summed E-state index contributed by atoms with van der Waals surface area (Å²) >= 11 is 0. The van der Waals surface area contributed by atoms with Crippen LogP contribution in [0.15, 0.2) is 6.20 Å². The lowest BCUT2D eigenvalue weighted by molar-refractivity contribution is 0.678. The third-order valence-electron chi connectivity index (χ3n) is 2.74. The van der Waals surface area contributed by atoms with Gasteiger partial charge in [0.05, 0.1) is 6.20 Å². The highest BCUT2D eigenvalue weighted by molar-refractivity contribution is 5.16. The second-order valence-corrected chi connectivity index (χ2v) is 3.86. The van der Waals surface area contributed by atoms with Gasteiger partial charge in [-0.3, -0.25) is 4.68 Å². The standard InChI is InChI=1S/C10H17N3/c1-8-9(7-12-13(8)2)5-6-11-10-3-4-10/h7,10-11H,3-6H2,1-2H3. The van der Waals surface area contributed by atoms with Gasteiger partial charge in [-0.1, -0.05) is 0 Å². The third-order valence-corrected chi connectivity index (χ3v) is 2.74. The van der Waals surface area contributed by atoms with Gasteiger partial charge in [-0.05, 0) is 38.3 Å². The van der Waals surface area contributed by atoms with Crippen LogP contribution < -0.4 is 5.32 Å². The van der Waals surface area contributed by atoms with Crippen LogP contribution in [0, 0.1) is 6.92 Å². The largest absolute Gasteiger partial charge is 0.314 e. The van der Waals surface area contributed by atoms with Crippen molar-refractivity contribution in [1.82, 2.24) is 15.1 Å². The van der Waals surface area contributed by atoms with E-state index in [9.17, 15) is 0 Å². The zero-order valence-corrected chi connectivity index (χ0v) is 8.38. The number of aryl methyl sites for hydroxylation is 1. The predicted octanol–water partition coefficient (Wildman–Crippen LogP) is 1.02. The zero-order chi connectivity index (χ0) is 9.26. The SMILES string of the molecule is Cc1c(CCNC2CC2)cnn1C. The highest BCUT2D eigenvalue weighted by Gasteiger charge is 2.19. The minimum Gasteiger partial charge on any atom is -0.314 e. The normalized spacial score (nSPS) is 16.5. The molecule has 2 rings (SSSR count). The van der Waals surface area contributed by atoms with Crippen molar-refractivity contribution in [3.8, 4) is 0 Å². The van der Waals surface area contributed by atoms with Crippen LogP contribution in [0.3, 0.4) is 0 Å². The van der Waals surface area contributed by atoms with Crippen molar-refractivity contribution in [1.29, 1.82) is 0 Å². The van der Waals surface area contributed by atoms with Crippen molar-refractivity contribution in [2.45, 2.75) is 32.2 Å². The van der Waals surface area contributed by atoms with E-state index in [2.05, 4.69) is 17.3 Å². The first kappa shape index (κ1) is 8.75. The Balaban J connectivity index is 1.82. The second kappa shape index (κ2) is 3.50. The van der Waals surface area contributed by atoms with E-state index in [0.29, 0.717) is 0 Å². The minimum atomic E-state index is 0.817. The van der Waals surface area contributed by atoms with Crippen molar-refractivity contribution in [2.24, 2.45) is 7.05 Å². The van der Waals surface area contributed by atoms with Crippen LogP contribution in [-0.4, -0.2) is 22.4 Å². The Hall–Kier alpha value is -0.830. The van der Waals surface area contributed by atoms with Gasteiger partial charge in [-0.2, -0.15) is 5.10 Å². The summed E-state index contributed by atoms with van der Waals surface area (Å²) in [7, 11) is 1.99. The number of nitrogens with zero attached hydrogens (tertiary/aromatic N) is 2. The molecule has 3 nitrogen and oxygen atoms in total. The van der Waals surface area contributed by atoms with Crippen molar-refractivity contribution in [3.63, 3.8) is 0 Å². The van der Waals surface area contributed by atoms with Crippen LogP contribution in [0.2, 0.25) is 0 Å². The van der Waals surface area contributed by atoms with Crippen molar-refractivity contribution < 1.29 is 0 Å². The lowest BCUT2D eigenvalue weighted by Gasteiger charge is -2.01. The number of aromatic nitrogens is 2. The summed E-state index contributed by atoms with van der Waals surface area (Å²) < 4.78 is 1.94. The monoisotopic (exact) mass is 179 g/mol. The molecule has 13 heavy (non-hydrogen) atoms. The summed E-state index contributed by atoms with van der Waals surface area (Å²) in [5.74, 6) is 0. The lowest BCUT2D eigenvalue weighted by atomic mass is 10.2. The summed E-state index contributed by atoms with van der Waals surface area (Å²) in [6.07, 6.45) is 5.82. The van der Waals surface area contributed by atoms with E-state index in [1.165, 1.54) is 24.1 Å². The Labute approximate surface area is 79.1 Å². The first-order chi connectivity index (χ1) is 6.27. The Morgan fingerprint density at radius 3 is 2.92 bits per heavy atom. The van der Waals surface area contributed by atoms with E-state index >= 15 is 0 Å². The Morgan fingerprint density at radius 2 is 2.38 bits per heavy atom. The summed E-state index contributed by atoms with van der Waals surface area (Å²) in [6.45, 7) is 3.22. The fourth-order valence-electron chi connectivity index (χ4n) is 1.49. The maximum Gasteiger partial charge on any atom is 0.0524 e. The van der Waals surface area contributed by atoms with E-state index < -0.39 is 0 Å². The van der Waals surface area contributed by atoms with Crippen LogP contribution in [0.25, 0.3) is 0 Å².